The van der Waals surface area contributed by atoms with Gasteiger partial charge in [0.15, 0.2) is 0 Å². The van der Waals surface area contributed by atoms with Crippen molar-refractivity contribution in [2.75, 3.05) is 6.61 Å². The van der Waals surface area contributed by atoms with Crippen LogP contribution in [0.2, 0.25) is 0 Å². The fourth-order valence-corrected chi connectivity index (χ4v) is 0. The molecule has 0 saturated carbocycles. The summed E-state index contributed by atoms with van der Waals surface area (Å²) in [6.45, 7) is 6.33. The SMILES string of the molecule is CCC.CCOO. The van der Waals surface area contributed by atoms with Gasteiger partial charge in [0.05, 0.1) is 6.61 Å². The first-order chi connectivity index (χ1) is 3.33. The summed E-state index contributed by atoms with van der Waals surface area (Å²) >= 11 is 0. The van der Waals surface area contributed by atoms with Gasteiger partial charge in [0.1, 0.15) is 0 Å². The van der Waals surface area contributed by atoms with Crippen LogP contribution in [0.1, 0.15) is 27.2 Å². The van der Waals surface area contributed by atoms with Crippen LogP contribution in [0, 0.1) is 0 Å². The quantitative estimate of drug-likeness (QED) is 0.408. The largest absolute Gasteiger partial charge is 0.252 e. The smallest absolute Gasteiger partial charge is 0.0791 e. The predicted octanol–water partition coefficient (Wildman–Crippen LogP) is 1.91. The van der Waals surface area contributed by atoms with Crippen molar-refractivity contribution in [3.05, 3.63) is 0 Å². The second-order valence-corrected chi connectivity index (χ2v) is 1.12. The summed E-state index contributed by atoms with van der Waals surface area (Å²) in [7, 11) is 0. The van der Waals surface area contributed by atoms with Gasteiger partial charge in [-0.2, -0.15) is 0 Å². The monoisotopic (exact) mass is 106 g/mol. The van der Waals surface area contributed by atoms with Crippen molar-refractivity contribution in [3.63, 3.8) is 0 Å². The minimum atomic E-state index is 0.375. The summed E-state index contributed by atoms with van der Waals surface area (Å²) < 4.78 is 0. The summed E-state index contributed by atoms with van der Waals surface area (Å²) in [5, 5.41) is 7.38. The highest BCUT2D eigenvalue weighted by Crippen LogP contribution is 1.56. The van der Waals surface area contributed by atoms with E-state index in [-0.39, 0.29) is 0 Å². The van der Waals surface area contributed by atoms with Crippen molar-refractivity contribution in [2.24, 2.45) is 0 Å². The van der Waals surface area contributed by atoms with Crippen molar-refractivity contribution in [1.29, 1.82) is 0 Å². The molecule has 0 amide bonds. The van der Waals surface area contributed by atoms with Crippen molar-refractivity contribution in [3.8, 4) is 0 Å². The molecule has 0 bridgehead atoms. The Labute approximate surface area is 45.0 Å². The molecule has 0 aromatic rings. The van der Waals surface area contributed by atoms with Crippen molar-refractivity contribution in [1.82, 2.24) is 0 Å². The molecule has 0 atom stereocenters. The summed E-state index contributed by atoms with van der Waals surface area (Å²) in [5.74, 6) is 0. The molecule has 0 radical (unpaired) electrons. The standard InChI is InChI=1S/C3H8.C2H6O2/c1-3-2;1-2-4-3/h3H2,1-2H3;3H,2H2,1H3. The maximum Gasteiger partial charge on any atom is 0.0791 e. The molecule has 0 unspecified atom stereocenters. The van der Waals surface area contributed by atoms with Crippen molar-refractivity contribution in [2.45, 2.75) is 27.2 Å². The van der Waals surface area contributed by atoms with E-state index in [0.29, 0.717) is 6.61 Å². The Morgan fingerprint density at radius 2 is 1.43 bits per heavy atom. The molecule has 0 aromatic heterocycles. The van der Waals surface area contributed by atoms with Gasteiger partial charge in [-0.15, -0.1) is 0 Å². The fourth-order valence-electron chi connectivity index (χ4n) is 0. The zero-order valence-corrected chi connectivity index (χ0v) is 5.27. The van der Waals surface area contributed by atoms with E-state index in [1.807, 2.05) is 0 Å². The Bertz CT molecular complexity index is 13.6. The molecule has 0 fully saturated rings. The van der Waals surface area contributed by atoms with Crippen molar-refractivity contribution < 1.29 is 10.1 Å². The van der Waals surface area contributed by atoms with E-state index in [0.717, 1.165) is 0 Å². The molecular formula is C5H14O2. The molecule has 0 rings (SSSR count). The first kappa shape index (κ1) is 10.0. The highest BCUT2D eigenvalue weighted by atomic mass is 17.1. The lowest BCUT2D eigenvalue weighted by molar-refractivity contribution is -0.237. The summed E-state index contributed by atoms with van der Waals surface area (Å²) in [5.41, 5.74) is 0. The van der Waals surface area contributed by atoms with Crippen LogP contribution in [0.25, 0.3) is 0 Å². The Morgan fingerprint density at radius 1 is 1.29 bits per heavy atom. The van der Waals surface area contributed by atoms with Crippen LogP contribution >= 0.6 is 0 Å². The molecule has 2 heteroatoms. The number of hydrogen-bond donors (Lipinski definition) is 1. The van der Waals surface area contributed by atoms with Gasteiger partial charge in [-0.25, -0.2) is 4.89 Å². The van der Waals surface area contributed by atoms with E-state index in [1.54, 1.807) is 6.92 Å². The van der Waals surface area contributed by atoms with E-state index in [1.165, 1.54) is 6.42 Å². The Balaban J connectivity index is 0. The van der Waals surface area contributed by atoms with Gasteiger partial charge in [-0.1, -0.05) is 20.3 Å². The van der Waals surface area contributed by atoms with E-state index >= 15 is 0 Å². The normalized spacial score (nSPS) is 6.86. The summed E-state index contributed by atoms with van der Waals surface area (Å²) in [6, 6.07) is 0. The summed E-state index contributed by atoms with van der Waals surface area (Å²) in [4.78, 5) is 3.54. The first-order valence-electron chi connectivity index (χ1n) is 2.59. The Hall–Kier alpha value is -0.0800. The van der Waals surface area contributed by atoms with E-state index in [4.69, 9.17) is 5.26 Å². The molecule has 0 spiro atoms. The number of rotatable bonds is 1. The van der Waals surface area contributed by atoms with Gasteiger partial charge in [0.25, 0.3) is 0 Å². The van der Waals surface area contributed by atoms with Gasteiger partial charge in [0.2, 0.25) is 0 Å². The fraction of sp³-hybridized carbons (Fsp3) is 1.00. The first-order valence-corrected chi connectivity index (χ1v) is 2.59. The third-order valence-corrected chi connectivity index (χ3v) is 0.129. The lowest BCUT2D eigenvalue weighted by Gasteiger charge is -1.73. The maximum absolute atomic E-state index is 7.38. The third kappa shape index (κ3) is 107. The third-order valence-electron chi connectivity index (χ3n) is 0.129. The second-order valence-electron chi connectivity index (χ2n) is 1.12. The molecule has 2 nitrogen and oxygen atoms in total. The average Bonchev–Trinajstić information content (AvgIpc) is 1.69. The van der Waals surface area contributed by atoms with Gasteiger partial charge in [-0.3, -0.25) is 5.26 Å². The van der Waals surface area contributed by atoms with Crippen LogP contribution in [0.5, 0.6) is 0 Å². The van der Waals surface area contributed by atoms with Crippen LogP contribution in [0.15, 0.2) is 0 Å². The van der Waals surface area contributed by atoms with E-state index < -0.39 is 0 Å². The van der Waals surface area contributed by atoms with Gasteiger partial charge >= 0.3 is 0 Å². The van der Waals surface area contributed by atoms with Crippen LogP contribution in [0.3, 0.4) is 0 Å². The molecular weight excluding hydrogens is 92.1 g/mol. The molecule has 0 heterocycles. The maximum atomic E-state index is 7.38. The Kier molecular flexibility index (Phi) is 24.1. The molecule has 46 valence electrons. The zero-order valence-electron chi connectivity index (χ0n) is 5.27. The summed E-state index contributed by atoms with van der Waals surface area (Å²) in [6.07, 6.45) is 1.25. The van der Waals surface area contributed by atoms with Crippen molar-refractivity contribution >= 4 is 0 Å². The molecule has 0 aliphatic rings. The topological polar surface area (TPSA) is 29.5 Å². The Morgan fingerprint density at radius 3 is 1.43 bits per heavy atom. The minimum absolute atomic E-state index is 0.375. The zero-order chi connectivity index (χ0) is 6.12. The van der Waals surface area contributed by atoms with Gasteiger partial charge in [-0.05, 0) is 6.92 Å². The van der Waals surface area contributed by atoms with Gasteiger partial charge in [0, 0.05) is 0 Å². The molecule has 0 aliphatic carbocycles. The van der Waals surface area contributed by atoms with Crippen LogP contribution in [-0.4, -0.2) is 11.9 Å². The predicted molar refractivity (Wildman–Crippen MR) is 30.2 cm³/mol. The minimum Gasteiger partial charge on any atom is -0.252 e. The van der Waals surface area contributed by atoms with E-state index in [2.05, 4.69) is 18.7 Å². The lowest BCUT2D eigenvalue weighted by atomic mass is 10.6. The lowest BCUT2D eigenvalue weighted by Crippen LogP contribution is -1.74. The molecule has 1 N–H and O–H groups in total. The second kappa shape index (κ2) is 16.8. The average molecular weight is 106 g/mol. The van der Waals surface area contributed by atoms with Crippen LogP contribution < -0.4 is 0 Å². The highest BCUT2D eigenvalue weighted by Gasteiger charge is 1.54. The molecule has 7 heavy (non-hydrogen) atoms. The van der Waals surface area contributed by atoms with Crippen LogP contribution in [0.4, 0.5) is 0 Å². The highest BCUT2D eigenvalue weighted by molar-refractivity contribution is 3.92. The molecule has 0 saturated heterocycles. The number of hydrogen-bond acceptors (Lipinski definition) is 2. The molecule has 0 aromatic carbocycles. The van der Waals surface area contributed by atoms with Gasteiger partial charge < -0.3 is 0 Å². The van der Waals surface area contributed by atoms with E-state index in [9.17, 15) is 0 Å². The molecule has 0 aliphatic heterocycles. The van der Waals surface area contributed by atoms with Crippen LogP contribution in [-0.2, 0) is 4.89 Å².